The summed E-state index contributed by atoms with van der Waals surface area (Å²) in [5.74, 6) is -0.218. The highest BCUT2D eigenvalue weighted by atomic mass is 35.5. The fourth-order valence-electron chi connectivity index (χ4n) is 2.61. The molecule has 3 rings (SSSR count). The molecule has 110 valence electrons. The zero-order valence-corrected chi connectivity index (χ0v) is 13.2. The van der Waals surface area contributed by atoms with E-state index in [1.54, 1.807) is 30.3 Å². The minimum absolute atomic E-state index is 0.218. The van der Waals surface area contributed by atoms with Crippen LogP contribution in [0.2, 0.25) is 10.0 Å². The molecular weight excluding hydrogens is 329 g/mol. The van der Waals surface area contributed by atoms with Gasteiger partial charge in [0, 0.05) is 22.0 Å². The van der Waals surface area contributed by atoms with E-state index in [1.165, 1.54) is 12.1 Å². The van der Waals surface area contributed by atoms with E-state index < -0.39 is 21.1 Å². The van der Waals surface area contributed by atoms with Gasteiger partial charge in [-0.1, -0.05) is 35.3 Å². The van der Waals surface area contributed by atoms with Crippen molar-refractivity contribution in [1.29, 1.82) is 0 Å². The predicted molar refractivity (Wildman–Crippen MR) is 84.6 cm³/mol. The normalized spacial score (nSPS) is 24.8. The zero-order chi connectivity index (χ0) is 15.2. The molecule has 0 unspecified atom stereocenters. The molecule has 0 bridgehead atoms. The molecule has 1 aliphatic rings. The van der Waals surface area contributed by atoms with Gasteiger partial charge in [-0.25, -0.2) is 8.42 Å². The van der Waals surface area contributed by atoms with Gasteiger partial charge < -0.3 is 5.73 Å². The summed E-state index contributed by atoms with van der Waals surface area (Å²) >= 11 is 11.7. The lowest BCUT2D eigenvalue weighted by Crippen LogP contribution is -2.15. The maximum Gasteiger partial charge on any atom is 0.183 e. The SMILES string of the molecule is N[C@H]1[C@@H](c2cccc(Cl)c2)[C@@H]1S(=O)(=O)c1ccc(Cl)cc1. The van der Waals surface area contributed by atoms with Gasteiger partial charge in [0.1, 0.15) is 0 Å². The standard InChI is InChI=1S/C15H13Cl2NO2S/c16-10-4-6-12(7-5-10)21(19,20)15-13(14(15)18)9-2-1-3-11(17)8-9/h1-8,13-15H,18H2/t13-,14+,15+/m1/s1. The van der Waals surface area contributed by atoms with Crippen molar-refractivity contribution in [2.24, 2.45) is 5.73 Å². The fraction of sp³-hybridized carbons (Fsp3) is 0.200. The second kappa shape index (κ2) is 5.29. The second-order valence-corrected chi connectivity index (χ2v) is 8.10. The van der Waals surface area contributed by atoms with E-state index >= 15 is 0 Å². The molecule has 2 N–H and O–H groups in total. The molecule has 0 saturated heterocycles. The van der Waals surface area contributed by atoms with Crippen molar-refractivity contribution in [2.75, 3.05) is 0 Å². The lowest BCUT2D eigenvalue weighted by Gasteiger charge is -2.04. The highest BCUT2D eigenvalue weighted by Crippen LogP contribution is 2.47. The number of hydrogen-bond acceptors (Lipinski definition) is 3. The van der Waals surface area contributed by atoms with Crippen molar-refractivity contribution in [3.8, 4) is 0 Å². The fourth-order valence-corrected chi connectivity index (χ4v) is 4.98. The Labute approximate surface area is 133 Å². The van der Waals surface area contributed by atoms with Crippen molar-refractivity contribution in [3.63, 3.8) is 0 Å². The molecule has 0 heterocycles. The van der Waals surface area contributed by atoms with Crippen molar-refractivity contribution in [1.82, 2.24) is 0 Å². The molecule has 0 amide bonds. The van der Waals surface area contributed by atoms with Crippen LogP contribution in [0.25, 0.3) is 0 Å². The summed E-state index contributed by atoms with van der Waals surface area (Å²) in [5.41, 5.74) is 6.86. The highest BCUT2D eigenvalue weighted by molar-refractivity contribution is 7.92. The quantitative estimate of drug-likeness (QED) is 0.931. The lowest BCUT2D eigenvalue weighted by molar-refractivity contribution is 0.593. The van der Waals surface area contributed by atoms with Crippen LogP contribution in [0, 0.1) is 0 Å². The Bertz CT molecular complexity index is 775. The molecule has 0 spiro atoms. The molecule has 3 atom stereocenters. The van der Waals surface area contributed by atoms with Crippen LogP contribution in [-0.4, -0.2) is 19.7 Å². The number of nitrogens with two attached hydrogens (primary N) is 1. The monoisotopic (exact) mass is 341 g/mol. The number of hydrogen-bond donors (Lipinski definition) is 1. The molecule has 0 radical (unpaired) electrons. The first-order valence-electron chi connectivity index (χ1n) is 6.42. The van der Waals surface area contributed by atoms with E-state index in [-0.39, 0.29) is 10.8 Å². The van der Waals surface area contributed by atoms with Crippen LogP contribution < -0.4 is 5.73 Å². The number of halogens is 2. The minimum atomic E-state index is -3.47. The Morgan fingerprint density at radius 1 is 0.952 bits per heavy atom. The summed E-state index contributed by atoms with van der Waals surface area (Å²) in [6.45, 7) is 0. The summed E-state index contributed by atoms with van der Waals surface area (Å²) < 4.78 is 25.3. The van der Waals surface area contributed by atoms with Gasteiger partial charge in [-0.3, -0.25) is 0 Å². The summed E-state index contributed by atoms with van der Waals surface area (Å²) in [7, 11) is -3.47. The van der Waals surface area contributed by atoms with Crippen molar-refractivity contribution < 1.29 is 8.42 Å². The molecule has 1 aliphatic carbocycles. The van der Waals surface area contributed by atoms with Gasteiger partial charge >= 0.3 is 0 Å². The molecule has 0 aromatic heterocycles. The number of rotatable bonds is 3. The topological polar surface area (TPSA) is 60.2 Å². The van der Waals surface area contributed by atoms with Gasteiger partial charge in [0.15, 0.2) is 9.84 Å². The maximum atomic E-state index is 12.6. The van der Waals surface area contributed by atoms with E-state index in [4.69, 9.17) is 28.9 Å². The molecule has 6 heteroatoms. The smallest absolute Gasteiger partial charge is 0.183 e. The van der Waals surface area contributed by atoms with E-state index in [9.17, 15) is 8.42 Å². The average Bonchev–Trinajstić information content (AvgIpc) is 3.12. The molecular formula is C15H13Cl2NO2S. The Morgan fingerprint density at radius 3 is 2.24 bits per heavy atom. The van der Waals surface area contributed by atoms with Crippen LogP contribution in [0.15, 0.2) is 53.4 Å². The maximum absolute atomic E-state index is 12.6. The van der Waals surface area contributed by atoms with Crippen molar-refractivity contribution >= 4 is 33.0 Å². The summed E-state index contributed by atoms with van der Waals surface area (Å²) in [6.07, 6.45) is 0. The van der Waals surface area contributed by atoms with Gasteiger partial charge in [0.2, 0.25) is 0 Å². The van der Waals surface area contributed by atoms with Crippen molar-refractivity contribution in [2.45, 2.75) is 22.1 Å². The van der Waals surface area contributed by atoms with Gasteiger partial charge in [-0.2, -0.15) is 0 Å². The average molecular weight is 342 g/mol. The number of benzene rings is 2. The van der Waals surface area contributed by atoms with Crippen LogP contribution in [-0.2, 0) is 9.84 Å². The first-order chi connectivity index (χ1) is 9.91. The van der Waals surface area contributed by atoms with E-state index in [0.717, 1.165) is 5.56 Å². The Hall–Kier alpha value is -1.07. The third kappa shape index (κ3) is 2.69. The molecule has 2 aromatic carbocycles. The van der Waals surface area contributed by atoms with Gasteiger partial charge in [-0.15, -0.1) is 0 Å². The minimum Gasteiger partial charge on any atom is -0.326 e. The third-order valence-electron chi connectivity index (χ3n) is 3.74. The molecule has 2 aromatic rings. The lowest BCUT2D eigenvalue weighted by atomic mass is 10.1. The molecule has 0 aliphatic heterocycles. The summed E-state index contributed by atoms with van der Waals surface area (Å²) in [5, 5.41) is 0.465. The van der Waals surface area contributed by atoms with Crippen LogP contribution in [0.5, 0.6) is 0 Å². The molecule has 21 heavy (non-hydrogen) atoms. The van der Waals surface area contributed by atoms with Gasteiger partial charge in [0.05, 0.1) is 10.1 Å². The predicted octanol–water partition coefficient (Wildman–Crippen LogP) is 3.26. The van der Waals surface area contributed by atoms with Crippen LogP contribution in [0.1, 0.15) is 11.5 Å². The zero-order valence-electron chi connectivity index (χ0n) is 10.9. The van der Waals surface area contributed by atoms with Crippen molar-refractivity contribution in [3.05, 3.63) is 64.1 Å². The van der Waals surface area contributed by atoms with Crippen LogP contribution in [0.4, 0.5) is 0 Å². The Kier molecular flexibility index (Phi) is 3.74. The molecule has 1 saturated carbocycles. The van der Waals surface area contributed by atoms with Gasteiger partial charge in [-0.05, 0) is 42.0 Å². The molecule has 1 fully saturated rings. The summed E-state index contributed by atoms with van der Waals surface area (Å²) in [6, 6.07) is 12.9. The summed E-state index contributed by atoms with van der Waals surface area (Å²) in [4.78, 5) is 0.247. The van der Waals surface area contributed by atoms with E-state index in [1.807, 2.05) is 6.07 Å². The Balaban J connectivity index is 1.93. The Morgan fingerprint density at radius 2 is 1.62 bits per heavy atom. The van der Waals surface area contributed by atoms with E-state index in [2.05, 4.69) is 0 Å². The molecule has 3 nitrogen and oxygen atoms in total. The largest absolute Gasteiger partial charge is 0.326 e. The second-order valence-electron chi connectivity index (χ2n) is 5.12. The third-order valence-corrected chi connectivity index (χ3v) is 6.48. The highest BCUT2D eigenvalue weighted by Gasteiger charge is 2.57. The van der Waals surface area contributed by atoms with Gasteiger partial charge in [0.25, 0.3) is 0 Å². The van der Waals surface area contributed by atoms with Crippen LogP contribution in [0.3, 0.4) is 0 Å². The van der Waals surface area contributed by atoms with Crippen LogP contribution >= 0.6 is 23.2 Å². The van der Waals surface area contributed by atoms with E-state index in [0.29, 0.717) is 10.0 Å². The number of sulfone groups is 1. The first-order valence-corrected chi connectivity index (χ1v) is 8.72. The first kappa shape index (κ1) is 14.9.